The van der Waals surface area contributed by atoms with Gasteiger partial charge in [0.2, 0.25) is 17.6 Å². The third-order valence-electron chi connectivity index (χ3n) is 4.21. The third-order valence-corrected chi connectivity index (χ3v) is 5.07. The molecular weight excluding hydrogens is 420 g/mol. The van der Waals surface area contributed by atoms with Gasteiger partial charge in [0.1, 0.15) is 0 Å². The Morgan fingerprint density at radius 3 is 2.81 bits per heavy atom. The number of benzene rings is 1. The molecule has 3 aromatic rings. The van der Waals surface area contributed by atoms with Crippen LogP contribution < -0.4 is 20.3 Å². The number of nitrogens with zero attached hydrogens (tertiary/aromatic N) is 2. The summed E-state index contributed by atoms with van der Waals surface area (Å²) in [5.41, 5.74) is 5.15. The molecule has 9 nitrogen and oxygen atoms in total. The Morgan fingerprint density at radius 1 is 1.19 bits per heavy atom. The number of aromatic nitrogens is 2. The van der Waals surface area contributed by atoms with Crippen molar-refractivity contribution in [3.05, 3.63) is 47.2 Å². The minimum Gasteiger partial charge on any atom is -0.493 e. The van der Waals surface area contributed by atoms with Crippen LogP contribution in [0.25, 0.3) is 10.7 Å². The van der Waals surface area contributed by atoms with E-state index >= 15 is 0 Å². The van der Waals surface area contributed by atoms with Gasteiger partial charge in [0, 0.05) is 18.4 Å². The summed E-state index contributed by atoms with van der Waals surface area (Å²) in [6.07, 6.45) is 2.03. The molecule has 2 amide bonds. The lowest BCUT2D eigenvalue weighted by Gasteiger charge is -2.12. The van der Waals surface area contributed by atoms with Crippen molar-refractivity contribution in [2.75, 3.05) is 13.7 Å². The van der Waals surface area contributed by atoms with Crippen molar-refractivity contribution < 1.29 is 23.6 Å². The molecule has 10 heteroatoms. The van der Waals surface area contributed by atoms with Crippen molar-refractivity contribution >= 4 is 23.2 Å². The largest absolute Gasteiger partial charge is 0.493 e. The van der Waals surface area contributed by atoms with Crippen LogP contribution in [0.2, 0.25) is 0 Å². The van der Waals surface area contributed by atoms with E-state index in [-0.39, 0.29) is 12.3 Å². The van der Waals surface area contributed by atoms with Gasteiger partial charge in [-0.1, -0.05) is 18.1 Å². The number of ether oxygens (including phenoxy) is 2. The highest BCUT2D eigenvalue weighted by molar-refractivity contribution is 7.13. The van der Waals surface area contributed by atoms with Gasteiger partial charge < -0.3 is 14.0 Å². The number of hydrogen-bond acceptors (Lipinski definition) is 8. The second-order valence-electron chi connectivity index (χ2n) is 6.56. The first-order valence-electron chi connectivity index (χ1n) is 9.87. The number of methoxy groups -OCH3 is 1. The average molecular weight is 445 g/mol. The van der Waals surface area contributed by atoms with E-state index < -0.39 is 5.91 Å². The minimum absolute atomic E-state index is 0.199. The molecule has 1 aromatic carbocycles. The molecule has 0 aliphatic heterocycles. The Labute approximate surface area is 183 Å². The van der Waals surface area contributed by atoms with Gasteiger partial charge in [-0.3, -0.25) is 20.4 Å². The monoisotopic (exact) mass is 444 g/mol. The summed E-state index contributed by atoms with van der Waals surface area (Å²) < 4.78 is 16.0. The first-order valence-corrected chi connectivity index (χ1v) is 10.7. The van der Waals surface area contributed by atoms with E-state index in [1.165, 1.54) is 18.4 Å². The van der Waals surface area contributed by atoms with Gasteiger partial charge in [-0.15, -0.1) is 11.3 Å². The zero-order valence-electron chi connectivity index (χ0n) is 17.3. The lowest BCUT2D eigenvalue weighted by molar-refractivity contribution is -0.121. The Balaban J connectivity index is 1.42. The lowest BCUT2D eigenvalue weighted by Crippen LogP contribution is -2.41. The van der Waals surface area contributed by atoms with Crippen LogP contribution in [-0.4, -0.2) is 35.7 Å². The first-order chi connectivity index (χ1) is 15.1. The van der Waals surface area contributed by atoms with E-state index in [9.17, 15) is 9.59 Å². The summed E-state index contributed by atoms with van der Waals surface area (Å²) >= 11 is 1.53. The second-order valence-corrected chi connectivity index (χ2v) is 7.51. The van der Waals surface area contributed by atoms with Gasteiger partial charge >= 0.3 is 0 Å². The smallest absolute Gasteiger partial charge is 0.269 e. The quantitative estimate of drug-likeness (QED) is 0.461. The summed E-state index contributed by atoms with van der Waals surface area (Å²) in [7, 11) is 1.50. The van der Waals surface area contributed by atoms with Crippen LogP contribution in [0.15, 0.2) is 40.2 Å². The number of rotatable bonds is 10. The van der Waals surface area contributed by atoms with Crippen molar-refractivity contribution in [1.29, 1.82) is 0 Å². The van der Waals surface area contributed by atoms with E-state index in [2.05, 4.69) is 21.0 Å². The lowest BCUT2D eigenvalue weighted by atomic mass is 10.2. The van der Waals surface area contributed by atoms with Crippen LogP contribution in [0.5, 0.6) is 11.5 Å². The fraction of sp³-hybridized carbons (Fsp3) is 0.333. The summed E-state index contributed by atoms with van der Waals surface area (Å²) in [6, 6.07) is 8.67. The molecule has 2 N–H and O–H groups in total. The summed E-state index contributed by atoms with van der Waals surface area (Å²) in [6.45, 7) is 2.55. The molecule has 0 atom stereocenters. The van der Waals surface area contributed by atoms with Crippen LogP contribution in [0.1, 0.15) is 42.4 Å². The highest BCUT2D eigenvalue weighted by Crippen LogP contribution is 2.28. The molecular formula is C21H24N4O5S. The van der Waals surface area contributed by atoms with Crippen LogP contribution in [0.3, 0.4) is 0 Å². The topological polar surface area (TPSA) is 116 Å². The van der Waals surface area contributed by atoms with E-state index in [0.717, 1.165) is 11.3 Å². The molecule has 0 spiro atoms. The maximum atomic E-state index is 12.3. The van der Waals surface area contributed by atoms with E-state index in [1.807, 2.05) is 24.4 Å². The Morgan fingerprint density at radius 2 is 2.06 bits per heavy atom. The molecule has 0 saturated carbocycles. The molecule has 31 heavy (non-hydrogen) atoms. The summed E-state index contributed by atoms with van der Waals surface area (Å²) in [4.78, 5) is 29.6. The Bertz CT molecular complexity index is 1000. The molecule has 0 fully saturated rings. The summed E-state index contributed by atoms with van der Waals surface area (Å²) in [5, 5.41) is 5.87. The van der Waals surface area contributed by atoms with Crippen LogP contribution >= 0.6 is 11.3 Å². The maximum absolute atomic E-state index is 12.3. The number of amides is 2. The second kappa shape index (κ2) is 11.1. The number of hydrogen-bond donors (Lipinski definition) is 2. The van der Waals surface area contributed by atoms with Gasteiger partial charge in [-0.25, -0.2) is 0 Å². The van der Waals surface area contributed by atoms with Crippen molar-refractivity contribution in [3.8, 4) is 22.2 Å². The number of carbonyl (C=O) groups excluding carboxylic acids is 2. The molecule has 164 valence electrons. The molecule has 0 aliphatic rings. The molecule has 2 heterocycles. The number of hydrazine groups is 1. The SMILES string of the molecule is CCCOc1ccc(C(=O)NNC(=O)CCCc2nc(-c3cccs3)no2)cc1OC. The van der Waals surface area contributed by atoms with Gasteiger partial charge in [-0.2, -0.15) is 4.98 Å². The van der Waals surface area contributed by atoms with Crippen LogP contribution in [0, 0.1) is 0 Å². The number of nitrogens with one attached hydrogen (secondary N) is 2. The standard InChI is InChI=1S/C21H24N4O5S/c1-3-11-29-15-10-9-14(13-16(15)28-2)21(27)24-23-18(26)7-4-8-19-22-20(25-30-19)17-6-5-12-31-17/h5-6,9-10,12-13H,3-4,7-8,11H2,1-2H3,(H,23,26)(H,24,27). The summed E-state index contributed by atoms with van der Waals surface area (Å²) in [5.74, 6) is 1.26. The Hall–Kier alpha value is -3.40. The number of aryl methyl sites for hydroxylation is 1. The minimum atomic E-state index is -0.453. The first kappa shape index (κ1) is 22.3. The van der Waals surface area contributed by atoms with Gasteiger partial charge in [-0.05, 0) is 42.5 Å². The molecule has 0 aliphatic carbocycles. The zero-order valence-corrected chi connectivity index (χ0v) is 18.2. The predicted molar refractivity (Wildman–Crippen MR) is 115 cm³/mol. The van der Waals surface area contributed by atoms with E-state index in [1.54, 1.807) is 18.2 Å². The molecule has 0 unspecified atom stereocenters. The van der Waals surface area contributed by atoms with Crippen LogP contribution in [0.4, 0.5) is 0 Å². The molecule has 0 radical (unpaired) electrons. The normalized spacial score (nSPS) is 10.5. The fourth-order valence-corrected chi connectivity index (χ4v) is 3.31. The predicted octanol–water partition coefficient (Wildman–Crippen LogP) is 3.38. The van der Waals surface area contributed by atoms with Crippen molar-refractivity contribution in [1.82, 2.24) is 21.0 Å². The number of carbonyl (C=O) groups is 2. The highest BCUT2D eigenvalue weighted by Gasteiger charge is 2.13. The Kier molecular flexibility index (Phi) is 7.99. The zero-order chi connectivity index (χ0) is 22.1. The van der Waals surface area contributed by atoms with Gasteiger partial charge in [0.15, 0.2) is 11.5 Å². The average Bonchev–Trinajstić information content (AvgIpc) is 3.48. The molecule has 3 rings (SSSR count). The third kappa shape index (κ3) is 6.29. The van der Waals surface area contributed by atoms with Gasteiger partial charge in [0.25, 0.3) is 5.91 Å². The molecule has 0 bridgehead atoms. The molecule has 0 saturated heterocycles. The van der Waals surface area contributed by atoms with Crippen LogP contribution in [-0.2, 0) is 11.2 Å². The van der Waals surface area contributed by atoms with Gasteiger partial charge in [0.05, 0.1) is 18.6 Å². The number of thiophene rings is 1. The highest BCUT2D eigenvalue weighted by atomic mass is 32.1. The van der Waals surface area contributed by atoms with E-state index in [4.69, 9.17) is 14.0 Å². The van der Waals surface area contributed by atoms with Crippen molar-refractivity contribution in [3.63, 3.8) is 0 Å². The fourth-order valence-electron chi connectivity index (χ4n) is 2.66. The molecule has 2 aromatic heterocycles. The van der Waals surface area contributed by atoms with Crippen molar-refractivity contribution in [2.24, 2.45) is 0 Å². The van der Waals surface area contributed by atoms with Crippen molar-refractivity contribution in [2.45, 2.75) is 32.6 Å². The maximum Gasteiger partial charge on any atom is 0.269 e. The van der Waals surface area contributed by atoms with E-state index in [0.29, 0.717) is 48.2 Å².